The Morgan fingerprint density at radius 2 is 1.82 bits per heavy atom. The number of nitrogens with zero attached hydrogens (tertiary/aromatic N) is 5. The molecular formula is C26H23N5O3. The fourth-order valence-electron chi connectivity index (χ4n) is 3.92. The summed E-state index contributed by atoms with van der Waals surface area (Å²) < 4.78 is 8.87. The Morgan fingerprint density at radius 3 is 2.59 bits per heavy atom. The average molecular weight is 454 g/mol. The van der Waals surface area contributed by atoms with Crippen LogP contribution in [0.3, 0.4) is 0 Å². The maximum Gasteiger partial charge on any atom is 0.339 e. The number of benzene rings is 1. The first-order valence-electron chi connectivity index (χ1n) is 11.0. The largest absolute Gasteiger partial charge is 0.456 e. The van der Waals surface area contributed by atoms with Gasteiger partial charge in [0.15, 0.2) is 5.65 Å². The molecule has 0 spiro atoms. The van der Waals surface area contributed by atoms with Gasteiger partial charge < -0.3 is 4.74 Å². The highest BCUT2D eigenvalue weighted by Gasteiger charge is 2.20. The molecule has 0 N–H and O–H groups in total. The minimum atomic E-state index is -0.528. The van der Waals surface area contributed by atoms with E-state index in [2.05, 4.69) is 10.1 Å². The molecule has 0 aliphatic carbocycles. The molecule has 0 fully saturated rings. The van der Waals surface area contributed by atoms with E-state index in [0.29, 0.717) is 33.6 Å². The molecule has 0 saturated carbocycles. The van der Waals surface area contributed by atoms with Gasteiger partial charge in [-0.25, -0.2) is 19.4 Å². The molecule has 1 aromatic carbocycles. The lowest BCUT2D eigenvalue weighted by atomic mass is 10.1. The molecule has 34 heavy (non-hydrogen) atoms. The highest BCUT2D eigenvalue weighted by atomic mass is 16.5. The number of carbonyl (C=O) groups excluding carboxylic acids is 1. The smallest absolute Gasteiger partial charge is 0.339 e. The van der Waals surface area contributed by atoms with Crippen LogP contribution in [0.4, 0.5) is 0 Å². The normalized spacial score (nSPS) is 11.4. The van der Waals surface area contributed by atoms with Gasteiger partial charge in [-0.15, -0.1) is 0 Å². The van der Waals surface area contributed by atoms with Crippen LogP contribution in [0.15, 0.2) is 71.8 Å². The molecule has 0 unspecified atom stereocenters. The lowest BCUT2D eigenvalue weighted by Gasteiger charge is -2.11. The fourth-order valence-corrected chi connectivity index (χ4v) is 3.92. The van der Waals surface area contributed by atoms with E-state index in [1.807, 2.05) is 57.2 Å². The van der Waals surface area contributed by atoms with Gasteiger partial charge in [0.05, 0.1) is 28.5 Å². The number of fused-ring (bicyclic) bond motifs is 2. The van der Waals surface area contributed by atoms with Gasteiger partial charge >= 0.3 is 5.97 Å². The van der Waals surface area contributed by atoms with E-state index in [4.69, 9.17) is 9.72 Å². The van der Waals surface area contributed by atoms with Crippen LogP contribution in [-0.2, 0) is 11.3 Å². The van der Waals surface area contributed by atoms with Crippen LogP contribution >= 0.6 is 0 Å². The number of esters is 1. The van der Waals surface area contributed by atoms with Gasteiger partial charge in [0.25, 0.3) is 5.56 Å². The summed E-state index contributed by atoms with van der Waals surface area (Å²) in [5, 5.41) is 5.05. The van der Waals surface area contributed by atoms with Crippen molar-refractivity contribution in [1.82, 2.24) is 24.1 Å². The minimum absolute atomic E-state index is 0.0675. The summed E-state index contributed by atoms with van der Waals surface area (Å²) >= 11 is 0. The molecule has 5 aromatic rings. The molecule has 4 heterocycles. The Hall–Kier alpha value is -4.33. The Kier molecular flexibility index (Phi) is 5.41. The number of aryl methyl sites for hydroxylation is 1. The van der Waals surface area contributed by atoms with E-state index < -0.39 is 5.97 Å². The van der Waals surface area contributed by atoms with Crippen molar-refractivity contribution in [3.8, 4) is 11.3 Å². The molecule has 5 rings (SSSR count). The monoisotopic (exact) mass is 453 g/mol. The quantitative estimate of drug-likeness (QED) is 0.368. The molecule has 0 amide bonds. The van der Waals surface area contributed by atoms with Gasteiger partial charge in [-0.2, -0.15) is 5.10 Å². The maximum absolute atomic E-state index is 13.2. The van der Waals surface area contributed by atoms with E-state index >= 15 is 0 Å². The Bertz CT molecular complexity index is 1590. The molecule has 4 aromatic heterocycles. The zero-order valence-corrected chi connectivity index (χ0v) is 19.1. The summed E-state index contributed by atoms with van der Waals surface area (Å²) in [5.74, 6) is -0.528. The predicted octanol–water partition coefficient (Wildman–Crippen LogP) is 4.35. The number of pyridine rings is 2. The SMILES string of the molecule is Cc1cccn2c(=O)cc(COC(=O)c3cc(-c4ccccc4)nc4c3cnn4C(C)C)nc12. The van der Waals surface area contributed by atoms with Gasteiger partial charge in [0.2, 0.25) is 0 Å². The molecule has 0 aliphatic heterocycles. The predicted molar refractivity (Wildman–Crippen MR) is 129 cm³/mol. The number of aromatic nitrogens is 5. The molecule has 0 radical (unpaired) electrons. The van der Waals surface area contributed by atoms with Crippen molar-refractivity contribution in [1.29, 1.82) is 0 Å². The van der Waals surface area contributed by atoms with E-state index in [1.165, 1.54) is 10.5 Å². The first kappa shape index (κ1) is 21.5. The van der Waals surface area contributed by atoms with Crippen LogP contribution in [0.25, 0.3) is 27.9 Å². The molecule has 170 valence electrons. The Labute approximate surface area is 195 Å². The first-order valence-corrected chi connectivity index (χ1v) is 11.0. The molecule has 8 heteroatoms. The summed E-state index contributed by atoms with van der Waals surface area (Å²) in [7, 11) is 0. The third kappa shape index (κ3) is 3.83. The molecule has 0 atom stereocenters. The van der Waals surface area contributed by atoms with Crippen molar-refractivity contribution in [3.05, 3.63) is 94.2 Å². The summed E-state index contributed by atoms with van der Waals surface area (Å²) in [6.45, 7) is 5.77. The highest BCUT2D eigenvalue weighted by molar-refractivity contribution is 6.03. The van der Waals surface area contributed by atoms with E-state index in [0.717, 1.165) is 11.1 Å². The zero-order valence-electron chi connectivity index (χ0n) is 19.1. The van der Waals surface area contributed by atoms with Crippen LogP contribution in [0, 0.1) is 6.92 Å². The summed E-state index contributed by atoms with van der Waals surface area (Å²) in [4.78, 5) is 35.0. The Morgan fingerprint density at radius 1 is 1.03 bits per heavy atom. The van der Waals surface area contributed by atoms with Crippen molar-refractivity contribution in [2.45, 2.75) is 33.4 Å². The fraction of sp³-hybridized carbons (Fsp3) is 0.192. The number of carbonyl (C=O) groups is 1. The number of hydrogen-bond acceptors (Lipinski definition) is 6. The van der Waals surface area contributed by atoms with Crippen molar-refractivity contribution < 1.29 is 9.53 Å². The summed E-state index contributed by atoms with van der Waals surface area (Å²) in [5.41, 5.74) is 4.07. The maximum atomic E-state index is 13.2. The van der Waals surface area contributed by atoms with Crippen LogP contribution in [0.1, 0.15) is 41.5 Å². The van der Waals surface area contributed by atoms with Crippen molar-refractivity contribution >= 4 is 22.6 Å². The molecular weight excluding hydrogens is 430 g/mol. The van der Waals surface area contributed by atoms with Crippen LogP contribution in [0.5, 0.6) is 0 Å². The van der Waals surface area contributed by atoms with E-state index in [9.17, 15) is 9.59 Å². The highest BCUT2D eigenvalue weighted by Crippen LogP contribution is 2.27. The van der Waals surface area contributed by atoms with E-state index in [-0.39, 0.29) is 18.2 Å². The molecule has 8 nitrogen and oxygen atoms in total. The average Bonchev–Trinajstić information content (AvgIpc) is 3.27. The van der Waals surface area contributed by atoms with Crippen LogP contribution in [-0.4, -0.2) is 30.1 Å². The molecule has 0 saturated heterocycles. The number of rotatable bonds is 5. The second kappa shape index (κ2) is 8.55. The standard InChI is InChI=1S/C26H23N5O3/c1-16(2)31-25-21(14-27-31)20(13-22(29-25)18-9-5-4-6-10-18)26(33)34-15-19-12-23(32)30-11-7-8-17(3)24(30)28-19/h4-14,16H,15H2,1-3H3. The number of ether oxygens (including phenoxy) is 1. The van der Waals surface area contributed by atoms with Crippen LogP contribution < -0.4 is 5.56 Å². The van der Waals surface area contributed by atoms with Gasteiger partial charge in [-0.05, 0) is 38.5 Å². The van der Waals surface area contributed by atoms with Crippen molar-refractivity contribution in [3.63, 3.8) is 0 Å². The summed E-state index contributed by atoms with van der Waals surface area (Å²) in [6, 6.07) is 16.5. The van der Waals surface area contributed by atoms with Crippen LogP contribution in [0.2, 0.25) is 0 Å². The van der Waals surface area contributed by atoms with E-state index in [1.54, 1.807) is 29.2 Å². The third-order valence-corrected chi connectivity index (χ3v) is 5.64. The van der Waals surface area contributed by atoms with Gasteiger partial charge in [0, 0.05) is 23.9 Å². The second-order valence-corrected chi connectivity index (χ2v) is 8.39. The summed E-state index contributed by atoms with van der Waals surface area (Å²) in [6.07, 6.45) is 3.30. The van der Waals surface area contributed by atoms with Gasteiger partial charge in [-0.1, -0.05) is 36.4 Å². The van der Waals surface area contributed by atoms with Gasteiger partial charge in [-0.3, -0.25) is 9.20 Å². The lowest BCUT2D eigenvalue weighted by molar-refractivity contribution is 0.0470. The topological polar surface area (TPSA) is 91.4 Å². The lowest BCUT2D eigenvalue weighted by Crippen LogP contribution is -2.17. The van der Waals surface area contributed by atoms with Crippen molar-refractivity contribution in [2.24, 2.45) is 0 Å². The first-order chi connectivity index (χ1) is 16.4. The number of hydrogen-bond donors (Lipinski definition) is 0. The minimum Gasteiger partial charge on any atom is -0.456 e. The van der Waals surface area contributed by atoms with Gasteiger partial charge in [0.1, 0.15) is 12.3 Å². The molecule has 0 bridgehead atoms. The van der Waals surface area contributed by atoms with Crippen molar-refractivity contribution in [2.75, 3.05) is 0 Å². The zero-order chi connectivity index (χ0) is 23.8. The second-order valence-electron chi connectivity index (χ2n) is 8.39. The Balaban J connectivity index is 1.52. The third-order valence-electron chi connectivity index (χ3n) is 5.64. The molecule has 0 aliphatic rings.